The molecule has 2 heterocycles. The van der Waals surface area contributed by atoms with Crippen LogP contribution < -0.4 is 9.54 Å². The Morgan fingerprint density at radius 1 is 1.24 bits per heavy atom. The third-order valence-corrected chi connectivity index (χ3v) is 4.17. The van der Waals surface area contributed by atoms with Crippen molar-refractivity contribution in [3.63, 3.8) is 0 Å². The van der Waals surface area contributed by atoms with Gasteiger partial charge in [-0.2, -0.15) is 5.10 Å². The number of hydrogen-bond donors (Lipinski definition) is 0. The SMILES string of the molecule is CCOc1ccc(C=Nn2c(-c3ccco3)csc2=NC(C)C)cc1. The van der Waals surface area contributed by atoms with Crippen LogP contribution in [0, 0.1) is 0 Å². The van der Waals surface area contributed by atoms with Crippen molar-refractivity contribution in [2.24, 2.45) is 10.1 Å². The molecule has 0 aliphatic carbocycles. The number of furan rings is 1. The summed E-state index contributed by atoms with van der Waals surface area (Å²) >= 11 is 1.55. The molecule has 0 saturated carbocycles. The quantitative estimate of drug-likeness (QED) is 0.615. The van der Waals surface area contributed by atoms with Gasteiger partial charge in [0.15, 0.2) is 5.76 Å². The molecule has 0 aliphatic heterocycles. The average Bonchev–Trinajstić information content (AvgIpc) is 3.24. The van der Waals surface area contributed by atoms with Gasteiger partial charge in [0.05, 0.1) is 19.1 Å². The number of aromatic nitrogens is 1. The van der Waals surface area contributed by atoms with Gasteiger partial charge in [-0.05, 0) is 62.7 Å². The third-order valence-electron chi connectivity index (χ3n) is 3.34. The number of hydrogen-bond acceptors (Lipinski definition) is 5. The lowest BCUT2D eigenvalue weighted by Gasteiger charge is -2.03. The fourth-order valence-corrected chi connectivity index (χ4v) is 3.21. The Hall–Kier alpha value is -2.60. The molecule has 2 aromatic heterocycles. The van der Waals surface area contributed by atoms with Gasteiger partial charge in [-0.25, -0.2) is 4.68 Å². The first-order valence-electron chi connectivity index (χ1n) is 8.23. The summed E-state index contributed by atoms with van der Waals surface area (Å²) in [6.45, 7) is 6.73. The molecule has 5 nitrogen and oxygen atoms in total. The van der Waals surface area contributed by atoms with Crippen molar-refractivity contribution >= 4 is 17.6 Å². The summed E-state index contributed by atoms with van der Waals surface area (Å²) in [5.74, 6) is 1.62. The van der Waals surface area contributed by atoms with Crippen LogP contribution in [0.4, 0.5) is 0 Å². The molecule has 1 aromatic carbocycles. The van der Waals surface area contributed by atoms with Gasteiger partial charge in [-0.1, -0.05) is 0 Å². The molecule has 3 aromatic rings. The topological polar surface area (TPSA) is 52.0 Å². The minimum atomic E-state index is 0.190. The molecule has 6 heteroatoms. The van der Waals surface area contributed by atoms with Crippen LogP contribution in [-0.4, -0.2) is 23.5 Å². The second-order valence-corrected chi connectivity index (χ2v) is 6.50. The van der Waals surface area contributed by atoms with Crippen LogP contribution in [-0.2, 0) is 0 Å². The van der Waals surface area contributed by atoms with Crippen LogP contribution in [0.1, 0.15) is 26.3 Å². The highest BCUT2D eigenvalue weighted by atomic mass is 32.1. The van der Waals surface area contributed by atoms with Gasteiger partial charge in [0, 0.05) is 11.4 Å². The van der Waals surface area contributed by atoms with Crippen molar-refractivity contribution in [2.75, 3.05) is 6.61 Å². The fraction of sp³-hybridized carbons (Fsp3) is 0.263. The highest BCUT2D eigenvalue weighted by Gasteiger charge is 2.10. The zero-order valence-corrected chi connectivity index (χ0v) is 15.4. The summed E-state index contributed by atoms with van der Waals surface area (Å²) < 4.78 is 12.8. The monoisotopic (exact) mass is 355 g/mol. The highest BCUT2D eigenvalue weighted by Crippen LogP contribution is 2.20. The molecule has 130 valence electrons. The van der Waals surface area contributed by atoms with Crippen LogP contribution in [0.2, 0.25) is 0 Å². The van der Waals surface area contributed by atoms with Crippen molar-refractivity contribution in [1.82, 2.24) is 4.68 Å². The summed E-state index contributed by atoms with van der Waals surface area (Å²) in [6.07, 6.45) is 3.47. The molecular weight excluding hydrogens is 334 g/mol. The number of rotatable bonds is 6. The first-order chi connectivity index (χ1) is 12.2. The molecule has 0 bridgehead atoms. The summed E-state index contributed by atoms with van der Waals surface area (Å²) in [4.78, 5) is 5.48. The third kappa shape index (κ3) is 4.28. The summed E-state index contributed by atoms with van der Waals surface area (Å²) in [7, 11) is 0. The van der Waals surface area contributed by atoms with E-state index in [4.69, 9.17) is 9.15 Å². The Balaban J connectivity index is 1.96. The Morgan fingerprint density at radius 2 is 2.04 bits per heavy atom. The molecular formula is C19H21N3O2S. The Morgan fingerprint density at radius 3 is 2.68 bits per heavy atom. The van der Waals surface area contributed by atoms with Crippen molar-refractivity contribution in [2.45, 2.75) is 26.8 Å². The van der Waals surface area contributed by atoms with Crippen LogP contribution in [0.25, 0.3) is 11.5 Å². The molecule has 0 spiro atoms. The molecule has 0 unspecified atom stereocenters. The van der Waals surface area contributed by atoms with E-state index in [1.807, 2.05) is 73.4 Å². The predicted octanol–water partition coefficient (Wildman–Crippen LogP) is 4.40. The van der Waals surface area contributed by atoms with Gasteiger partial charge in [-0.15, -0.1) is 11.3 Å². The Labute approximate surface area is 150 Å². The lowest BCUT2D eigenvalue weighted by molar-refractivity contribution is 0.340. The first-order valence-corrected chi connectivity index (χ1v) is 9.11. The van der Waals surface area contributed by atoms with Crippen molar-refractivity contribution in [3.05, 3.63) is 58.4 Å². The zero-order chi connectivity index (χ0) is 17.6. The van der Waals surface area contributed by atoms with Crippen molar-refractivity contribution < 1.29 is 9.15 Å². The molecule has 0 N–H and O–H groups in total. The number of nitrogens with zero attached hydrogens (tertiary/aromatic N) is 3. The zero-order valence-electron chi connectivity index (χ0n) is 14.5. The van der Waals surface area contributed by atoms with E-state index in [2.05, 4.69) is 10.1 Å². The summed E-state index contributed by atoms with van der Waals surface area (Å²) in [5.41, 5.74) is 1.87. The number of thiazole rings is 1. The van der Waals surface area contributed by atoms with Crippen molar-refractivity contribution in [1.29, 1.82) is 0 Å². The lowest BCUT2D eigenvalue weighted by Crippen LogP contribution is -2.14. The van der Waals surface area contributed by atoms with Gasteiger partial charge in [0.25, 0.3) is 0 Å². The van der Waals surface area contributed by atoms with E-state index in [1.54, 1.807) is 17.6 Å². The van der Waals surface area contributed by atoms with Gasteiger partial charge in [0.1, 0.15) is 11.4 Å². The van der Waals surface area contributed by atoms with Gasteiger partial charge in [0.2, 0.25) is 4.80 Å². The Kier molecular flexibility index (Phi) is 5.50. The normalized spacial score (nSPS) is 12.4. The van der Waals surface area contributed by atoms with Crippen LogP contribution in [0.15, 0.2) is 62.6 Å². The maximum atomic E-state index is 5.53. The molecule has 0 atom stereocenters. The van der Waals surface area contributed by atoms with Crippen LogP contribution in [0.5, 0.6) is 5.75 Å². The first kappa shape index (κ1) is 17.2. The number of benzene rings is 1. The largest absolute Gasteiger partial charge is 0.494 e. The maximum absolute atomic E-state index is 5.53. The molecule has 3 rings (SSSR count). The molecule has 0 fully saturated rings. The van der Waals surface area contributed by atoms with E-state index in [0.29, 0.717) is 6.61 Å². The summed E-state index contributed by atoms with van der Waals surface area (Å²) in [6, 6.07) is 11.8. The van der Waals surface area contributed by atoms with Gasteiger partial charge >= 0.3 is 0 Å². The second kappa shape index (κ2) is 7.98. The highest BCUT2D eigenvalue weighted by molar-refractivity contribution is 7.07. The van der Waals surface area contributed by atoms with E-state index in [1.165, 1.54) is 0 Å². The lowest BCUT2D eigenvalue weighted by atomic mass is 10.2. The average molecular weight is 355 g/mol. The second-order valence-electron chi connectivity index (χ2n) is 5.66. The standard InChI is InChI=1S/C19H21N3O2S/c1-4-23-16-9-7-15(8-10-16)12-20-22-17(18-6-5-11-24-18)13-25-19(22)21-14(2)3/h5-14H,4H2,1-3H3. The van der Waals surface area contributed by atoms with Crippen molar-refractivity contribution in [3.8, 4) is 17.2 Å². The minimum absolute atomic E-state index is 0.190. The smallest absolute Gasteiger partial charge is 0.206 e. The van der Waals surface area contributed by atoms with Gasteiger partial charge in [-0.3, -0.25) is 4.99 Å². The van der Waals surface area contributed by atoms with Gasteiger partial charge < -0.3 is 9.15 Å². The minimum Gasteiger partial charge on any atom is -0.494 e. The molecule has 0 amide bonds. The Bertz CT molecular complexity index is 888. The number of ether oxygens (including phenoxy) is 1. The molecule has 0 radical (unpaired) electrons. The summed E-state index contributed by atoms with van der Waals surface area (Å²) in [5, 5.41) is 6.64. The van der Waals surface area contributed by atoms with Crippen LogP contribution in [0.3, 0.4) is 0 Å². The van der Waals surface area contributed by atoms with E-state index in [-0.39, 0.29) is 6.04 Å². The molecule has 0 aliphatic rings. The van der Waals surface area contributed by atoms with E-state index in [0.717, 1.165) is 27.6 Å². The molecule has 0 saturated heterocycles. The van der Waals surface area contributed by atoms with E-state index in [9.17, 15) is 0 Å². The predicted molar refractivity (Wildman–Crippen MR) is 101 cm³/mol. The van der Waals surface area contributed by atoms with Crippen LogP contribution >= 0.6 is 11.3 Å². The maximum Gasteiger partial charge on any atom is 0.206 e. The van der Waals surface area contributed by atoms with E-state index < -0.39 is 0 Å². The molecule has 25 heavy (non-hydrogen) atoms. The van der Waals surface area contributed by atoms with E-state index >= 15 is 0 Å². The fourth-order valence-electron chi connectivity index (χ4n) is 2.26.